The Morgan fingerprint density at radius 2 is 1.83 bits per heavy atom. The number of aromatic nitrogens is 2. The highest BCUT2D eigenvalue weighted by Crippen LogP contribution is 2.28. The van der Waals surface area contributed by atoms with E-state index in [2.05, 4.69) is 33.9 Å². The van der Waals surface area contributed by atoms with Crippen LogP contribution in [0.2, 0.25) is 5.02 Å². The third-order valence-corrected chi connectivity index (χ3v) is 4.94. The normalized spacial score (nSPS) is 17.2. The molecule has 1 atom stereocenters. The third-order valence-electron chi connectivity index (χ3n) is 4.59. The SMILES string of the molecule is Cc1nc(-c2ccc(C(C)N3CCCCC3)cc2)c(Cl)c(=O)[nH]1. The van der Waals surface area contributed by atoms with Gasteiger partial charge in [-0.25, -0.2) is 4.98 Å². The summed E-state index contributed by atoms with van der Waals surface area (Å²) in [5.74, 6) is 0.570. The molecular weight excluding hydrogens is 310 g/mol. The number of nitrogens with one attached hydrogen (secondary N) is 1. The number of hydrogen-bond acceptors (Lipinski definition) is 3. The summed E-state index contributed by atoms with van der Waals surface area (Å²) >= 11 is 6.11. The molecule has 122 valence electrons. The lowest BCUT2D eigenvalue weighted by molar-refractivity contribution is 0.175. The largest absolute Gasteiger partial charge is 0.309 e. The fraction of sp³-hybridized carbons (Fsp3) is 0.444. The van der Waals surface area contributed by atoms with E-state index in [-0.39, 0.29) is 10.6 Å². The van der Waals surface area contributed by atoms with Crippen molar-refractivity contribution in [1.82, 2.24) is 14.9 Å². The van der Waals surface area contributed by atoms with E-state index in [1.165, 1.54) is 37.9 Å². The minimum Gasteiger partial charge on any atom is -0.309 e. The van der Waals surface area contributed by atoms with Crippen LogP contribution in [0, 0.1) is 6.92 Å². The summed E-state index contributed by atoms with van der Waals surface area (Å²) in [6.07, 6.45) is 3.91. The Morgan fingerprint density at radius 3 is 2.48 bits per heavy atom. The Hall–Kier alpha value is -1.65. The summed E-state index contributed by atoms with van der Waals surface area (Å²) in [4.78, 5) is 21.3. The Bertz CT molecular complexity index is 733. The van der Waals surface area contributed by atoms with Crippen molar-refractivity contribution in [2.24, 2.45) is 0 Å². The predicted octanol–water partition coefficient (Wildman–Crippen LogP) is 3.95. The van der Waals surface area contributed by atoms with E-state index in [4.69, 9.17) is 11.6 Å². The number of benzene rings is 1. The van der Waals surface area contributed by atoms with Crippen LogP contribution in [-0.4, -0.2) is 28.0 Å². The first-order valence-corrected chi connectivity index (χ1v) is 8.55. The molecule has 1 saturated heterocycles. The van der Waals surface area contributed by atoms with Crippen LogP contribution < -0.4 is 5.56 Å². The Kier molecular flexibility index (Phi) is 4.83. The van der Waals surface area contributed by atoms with E-state index in [0.717, 1.165) is 5.56 Å². The van der Waals surface area contributed by atoms with Crippen LogP contribution in [0.1, 0.15) is 43.6 Å². The van der Waals surface area contributed by atoms with Crippen LogP contribution in [0.25, 0.3) is 11.3 Å². The summed E-state index contributed by atoms with van der Waals surface area (Å²) < 4.78 is 0. The number of aromatic amines is 1. The zero-order chi connectivity index (χ0) is 16.4. The molecule has 3 rings (SSSR count). The molecule has 2 heterocycles. The van der Waals surface area contributed by atoms with Gasteiger partial charge in [0.2, 0.25) is 0 Å². The molecule has 0 aliphatic carbocycles. The smallest absolute Gasteiger partial charge is 0.270 e. The van der Waals surface area contributed by atoms with E-state index in [1.807, 2.05) is 12.1 Å². The molecule has 2 aromatic rings. The summed E-state index contributed by atoms with van der Waals surface area (Å²) in [7, 11) is 0. The molecule has 1 fully saturated rings. The van der Waals surface area contributed by atoms with E-state index in [1.54, 1.807) is 6.92 Å². The molecule has 0 radical (unpaired) electrons. The lowest BCUT2D eigenvalue weighted by Gasteiger charge is -2.32. The summed E-state index contributed by atoms with van der Waals surface area (Å²) in [5.41, 5.74) is 2.41. The van der Waals surface area contributed by atoms with Crippen molar-refractivity contribution < 1.29 is 0 Å². The number of hydrogen-bond donors (Lipinski definition) is 1. The third kappa shape index (κ3) is 3.48. The lowest BCUT2D eigenvalue weighted by atomic mass is 10.0. The molecule has 1 aliphatic rings. The number of likely N-dealkylation sites (tertiary alicyclic amines) is 1. The maximum atomic E-state index is 11.8. The average molecular weight is 332 g/mol. The highest BCUT2D eigenvalue weighted by molar-refractivity contribution is 6.32. The van der Waals surface area contributed by atoms with Crippen molar-refractivity contribution in [3.8, 4) is 11.3 Å². The first-order chi connectivity index (χ1) is 11.1. The van der Waals surface area contributed by atoms with Gasteiger partial charge in [0.25, 0.3) is 5.56 Å². The summed E-state index contributed by atoms with van der Waals surface area (Å²) in [5, 5.41) is 0.146. The van der Waals surface area contributed by atoms with Gasteiger partial charge in [-0.2, -0.15) is 0 Å². The van der Waals surface area contributed by atoms with Gasteiger partial charge in [-0.05, 0) is 45.3 Å². The van der Waals surface area contributed by atoms with Crippen LogP contribution in [0.4, 0.5) is 0 Å². The number of aryl methyl sites for hydroxylation is 1. The van der Waals surface area contributed by atoms with Gasteiger partial charge in [-0.15, -0.1) is 0 Å². The second-order valence-electron chi connectivity index (χ2n) is 6.21. The monoisotopic (exact) mass is 331 g/mol. The summed E-state index contributed by atoms with van der Waals surface area (Å²) in [6.45, 7) is 6.35. The van der Waals surface area contributed by atoms with Crippen LogP contribution in [-0.2, 0) is 0 Å². The minimum atomic E-state index is -0.292. The molecule has 5 heteroatoms. The molecule has 1 aromatic carbocycles. The summed E-state index contributed by atoms with van der Waals surface area (Å²) in [6, 6.07) is 8.64. The molecule has 1 aliphatic heterocycles. The number of nitrogens with zero attached hydrogens (tertiary/aromatic N) is 2. The van der Waals surface area contributed by atoms with Crippen LogP contribution >= 0.6 is 11.6 Å². The maximum Gasteiger partial charge on any atom is 0.270 e. The molecule has 23 heavy (non-hydrogen) atoms. The average Bonchev–Trinajstić information content (AvgIpc) is 2.58. The number of rotatable bonds is 3. The van der Waals surface area contributed by atoms with Crippen molar-refractivity contribution >= 4 is 11.6 Å². The van der Waals surface area contributed by atoms with Crippen molar-refractivity contribution in [2.45, 2.75) is 39.2 Å². The zero-order valence-corrected chi connectivity index (χ0v) is 14.4. The van der Waals surface area contributed by atoms with Gasteiger partial charge in [0, 0.05) is 11.6 Å². The van der Waals surface area contributed by atoms with Gasteiger partial charge in [0.15, 0.2) is 0 Å². The number of halogens is 1. The van der Waals surface area contributed by atoms with Crippen LogP contribution in [0.5, 0.6) is 0 Å². The fourth-order valence-corrected chi connectivity index (χ4v) is 3.40. The van der Waals surface area contributed by atoms with Crippen molar-refractivity contribution in [3.05, 3.63) is 51.0 Å². The second kappa shape index (κ2) is 6.85. The highest BCUT2D eigenvalue weighted by Gasteiger charge is 2.18. The molecule has 1 N–H and O–H groups in total. The Labute approximate surface area is 141 Å². The molecule has 4 nitrogen and oxygen atoms in total. The van der Waals surface area contributed by atoms with E-state index < -0.39 is 0 Å². The molecule has 1 unspecified atom stereocenters. The second-order valence-corrected chi connectivity index (χ2v) is 6.59. The Balaban J connectivity index is 1.86. The lowest BCUT2D eigenvalue weighted by Crippen LogP contribution is -2.32. The first-order valence-electron chi connectivity index (χ1n) is 8.17. The topological polar surface area (TPSA) is 49.0 Å². The number of H-pyrrole nitrogens is 1. The van der Waals surface area contributed by atoms with Gasteiger partial charge >= 0.3 is 0 Å². The van der Waals surface area contributed by atoms with Gasteiger partial charge in [-0.3, -0.25) is 9.69 Å². The highest BCUT2D eigenvalue weighted by atomic mass is 35.5. The van der Waals surface area contributed by atoms with Gasteiger partial charge in [0.1, 0.15) is 10.8 Å². The Morgan fingerprint density at radius 1 is 1.17 bits per heavy atom. The minimum absolute atomic E-state index is 0.146. The van der Waals surface area contributed by atoms with E-state index in [9.17, 15) is 4.79 Å². The van der Waals surface area contributed by atoms with Gasteiger partial charge < -0.3 is 4.98 Å². The zero-order valence-electron chi connectivity index (χ0n) is 13.6. The van der Waals surface area contributed by atoms with Crippen molar-refractivity contribution in [3.63, 3.8) is 0 Å². The maximum absolute atomic E-state index is 11.8. The molecule has 0 bridgehead atoms. The first kappa shape index (κ1) is 16.2. The van der Waals surface area contributed by atoms with Crippen molar-refractivity contribution in [2.75, 3.05) is 13.1 Å². The van der Waals surface area contributed by atoms with Gasteiger partial charge in [0.05, 0.1) is 5.69 Å². The van der Waals surface area contributed by atoms with Crippen molar-refractivity contribution in [1.29, 1.82) is 0 Å². The fourth-order valence-electron chi connectivity index (χ4n) is 3.20. The van der Waals surface area contributed by atoms with E-state index >= 15 is 0 Å². The molecule has 0 amide bonds. The standard InChI is InChI=1S/C18H22ClN3O/c1-12(22-10-4-3-5-11-22)14-6-8-15(9-7-14)17-16(19)18(23)21-13(2)20-17/h6-9,12H,3-5,10-11H2,1-2H3,(H,20,21,23). The molecule has 0 spiro atoms. The molecular formula is C18H22ClN3O. The number of piperidine rings is 1. The predicted molar refractivity (Wildman–Crippen MR) is 93.9 cm³/mol. The van der Waals surface area contributed by atoms with Gasteiger partial charge in [-0.1, -0.05) is 42.3 Å². The molecule has 0 saturated carbocycles. The van der Waals surface area contributed by atoms with E-state index in [0.29, 0.717) is 17.6 Å². The molecule has 1 aromatic heterocycles. The van der Waals surface area contributed by atoms with Crippen LogP contribution in [0.15, 0.2) is 29.1 Å². The van der Waals surface area contributed by atoms with Crippen LogP contribution in [0.3, 0.4) is 0 Å². The quantitative estimate of drug-likeness (QED) is 0.926.